The molecule has 0 spiro atoms. The highest BCUT2D eigenvalue weighted by Crippen LogP contribution is 2.26. The molecule has 0 radical (unpaired) electrons. The maximum absolute atomic E-state index is 13.9. The average molecular weight is 332 g/mol. The highest BCUT2D eigenvalue weighted by atomic mass is 79.9. The molecule has 0 bridgehead atoms. The van der Waals surface area contributed by atoms with Crippen LogP contribution in [0.25, 0.3) is 0 Å². The monoisotopic (exact) mass is 331 g/mol. The van der Waals surface area contributed by atoms with Crippen molar-refractivity contribution in [2.45, 2.75) is 12.5 Å². The second-order valence-electron chi connectivity index (χ2n) is 4.02. The molecule has 0 saturated carbocycles. The number of nitrogens with zero attached hydrogens (tertiary/aromatic N) is 4. The normalized spacial score (nSPS) is 12.7. The third-order valence-electron chi connectivity index (χ3n) is 2.68. The summed E-state index contributed by atoms with van der Waals surface area (Å²) in [6.07, 6.45) is 0.250. The summed E-state index contributed by atoms with van der Waals surface area (Å²) < 4.78 is 28.1. The van der Waals surface area contributed by atoms with Crippen molar-refractivity contribution in [1.82, 2.24) is 25.5 Å². The summed E-state index contributed by atoms with van der Waals surface area (Å²) >= 11 is 3.05. The lowest BCUT2D eigenvalue weighted by Gasteiger charge is -2.16. The third kappa shape index (κ3) is 3.13. The number of benzene rings is 1. The van der Waals surface area contributed by atoms with Gasteiger partial charge in [0.15, 0.2) is 5.82 Å². The van der Waals surface area contributed by atoms with Crippen LogP contribution in [-0.2, 0) is 13.5 Å². The lowest BCUT2D eigenvalue weighted by Crippen LogP contribution is -2.22. The Morgan fingerprint density at radius 3 is 2.47 bits per heavy atom. The van der Waals surface area contributed by atoms with Crippen LogP contribution in [-0.4, -0.2) is 27.3 Å². The minimum atomic E-state index is -0.616. The molecule has 8 heteroatoms. The molecule has 19 heavy (non-hydrogen) atoms. The molecule has 1 aromatic heterocycles. The van der Waals surface area contributed by atoms with E-state index >= 15 is 0 Å². The molecular weight excluding hydrogens is 320 g/mol. The van der Waals surface area contributed by atoms with Gasteiger partial charge < -0.3 is 5.32 Å². The van der Waals surface area contributed by atoms with Crippen LogP contribution in [0, 0.1) is 11.6 Å². The van der Waals surface area contributed by atoms with Gasteiger partial charge >= 0.3 is 0 Å². The van der Waals surface area contributed by atoms with Crippen LogP contribution in [0.1, 0.15) is 17.4 Å². The van der Waals surface area contributed by atoms with Crippen molar-refractivity contribution in [3.8, 4) is 0 Å². The van der Waals surface area contributed by atoms with Crippen molar-refractivity contribution < 1.29 is 8.78 Å². The molecule has 2 rings (SSSR count). The minimum absolute atomic E-state index is 0.0295. The van der Waals surface area contributed by atoms with Crippen molar-refractivity contribution in [3.05, 3.63) is 39.6 Å². The molecule has 102 valence electrons. The Kier molecular flexibility index (Phi) is 4.20. The number of rotatable bonds is 4. The number of aryl methyl sites for hydroxylation is 1. The van der Waals surface area contributed by atoms with E-state index in [9.17, 15) is 8.78 Å². The highest BCUT2D eigenvalue weighted by molar-refractivity contribution is 9.10. The van der Waals surface area contributed by atoms with Crippen LogP contribution in [0.15, 0.2) is 16.6 Å². The zero-order chi connectivity index (χ0) is 14.0. The molecule has 5 nitrogen and oxygen atoms in total. The van der Waals surface area contributed by atoms with Gasteiger partial charge in [0.05, 0.1) is 7.05 Å². The Morgan fingerprint density at radius 2 is 2.00 bits per heavy atom. The number of aromatic nitrogens is 4. The predicted octanol–water partition coefficient (Wildman–Crippen LogP) is 1.75. The number of likely N-dealkylation sites (N-methyl/N-ethyl adjacent to an activating group) is 1. The standard InChI is InChI=1S/C11H12BrF2N5/c1-15-9(5-10-16-18-19(2)17-10)11-7(13)3-6(12)4-8(11)14/h3-4,9,15H,5H2,1-2H3. The van der Waals surface area contributed by atoms with Gasteiger partial charge in [-0.05, 0) is 24.4 Å². The molecule has 0 aliphatic heterocycles. The first-order valence-corrected chi connectivity index (χ1v) is 6.35. The van der Waals surface area contributed by atoms with Crippen LogP contribution in [0.3, 0.4) is 0 Å². The highest BCUT2D eigenvalue weighted by Gasteiger charge is 2.21. The summed E-state index contributed by atoms with van der Waals surface area (Å²) in [6.45, 7) is 0. The van der Waals surface area contributed by atoms with E-state index in [-0.39, 0.29) is 12.0 Å². The fourth-order valence-corrected chi connectivity index (χ4v) is 2.22. The van der Waals surface area contributed by atoms with Gasteiger partial charge in [-0.1, -0.05) is 15.9 Å². The van der Waals surface area contributed by atoms with Crippen LogP contribution in [0.5, 0.6) is 0 Å². The molecule has 0 aliphatic rings. The quantitative estimate of drug-likeness (QED) is 0.927. The third-order valence-corrected chi connectivity index (χ3v) is 3.14. The van der Waals surface area contributed by atoms with Gasteiger partial charge in [-0.15, -0.1) is 10.2 Å². The van der Waals surface area contributed by atoms with Gasteiger partial charge in [0.2, 0.25) is 0 Å². The second kappa shape index (κ2) is 5.70. The molecule has 0 aliphatic carbocycles. The van der Waals surface area contributed by atoms with Crippen molar-refractivity contribution in [2.24, 2.45) is 7.05 Å². The molecule has 0 saturated heterocycles. The fourth-order valence-electron chi connectivity index (χ4n) is 1.82. The van der Waals surface area contributed by atoms with Crippen molar-refractivity contribution in [1.29, 1.82) is 0 Å². The maximum Gasteiger partial charge on any atom is 0.176 e. The van der Waals surface area contributed by atoms with Crippen LogP contribution in [0.4, 0.5) is 8.78 Å². The first-order valence-electron chi connectivity index (χ1n) is 5.56. The van der Waals surface area contributed by atoms with E-state index in [2.05, 4.69) is 36.7 Å². The Labute approximate surface area is 117 Å². The number of halogens is 3. The van der Waals surface area contributed by atoms with Gasteiger partial charge in [0, 0.05) is 22.5 Å². The zero-order valence-corrected chi connectivity index (χ0v) is 11.9. The first-order chi connectivity index (χ1) is 9.01. The van der Waals surface area contributed by atoms with Gasteiger partial charge in [0.25, 0.3) is 0 Å². The summed E-state index contributed by atoms with van der Waals surface area (Å²) in [5.74, 6) is -0.811. The predicted molar refractivity (Wildman–Crippen MR) is 68.4 cm³/mol. The minimum Gasteiger partial charge on any atom is -0.312 e. The largest absolute Gasteiger partial charge is 0.312 e. The topological polar surface area (TPSA) is 55.6 Å². The van der Waals surface area contributed by atoms with Crippen LogP contribution >= 0.6 is 15.9 Å². The Morgan fingerprint density at radius 1 is 1.37 bits per heavy atom. The summed E-state index contributed by atoms with van der Waals surface area (Å²) in [4.78, 5) is 1.30. The molecule has 0 fully saturated rings. The van der Waals surface area contributed by atoms with E-state index in [1.807, 2.05) is 0 Å². The molecule has 1 atom stereocenters. The molecule has 1 heterocycles. The molecule has 0 amide bonds. The number of tetrazole rings is 1. The molecule has 2 aromatic rings. The Balaban J connectivity index is 2.32. The number of hydrogen-bond donors (Lipinski definition) is 1. The maximum atomic E-state index is 13.9. The summed E-state index contributed by atoms with van der Waals surface area (Å²) in [5, 5.41) is 14.4. The van der Waals surface area contributed by atoms with Crippen LogP contribution < -0.4 is 5.32 Å². The van der Waals surface area contributed by atoms with Gasteiger partial charge in [-0.2, -0.15) is 4.80 Å². The Hall–Kier alpha value is -1.41. The van der Waals surface area contributed by atoms with Gasteiger partial charge in [0.1, 0.15) is 11.6 Å². The van der Waals surface area contributed by atoms with Crippen molar-refractivity contribution in [3.63, 3.8) is 0 Å². The first kappa shape index (κ1) is 14.0. The zero-order valence-electron chi connectivity index (χ0n) is 10.4. The SMILES string of the molecule is CNC(Cc1nnn(C)n1)c1c(F)cc(Br)cc1F. The lowest BCUT2D eigenvalue weighted by molar-refractivity contribution is 0.482. The summed E-state index contributed by atoms with van der Waals surface area (Å²) in [6, 6.07) is 1.90. The van der Waals surface area contributed by atoms with E-state index in [1.54, 1.807) is 14.1 Å². The second-order valence-corrected chi connectivity index (χ2v) is 4.94. The smallest absolute Gasteiger partial charge is 0.176 e. The number of hydrogen-bond acceptors (Lipinski definition) is 4. The lowest BCUT2D eigenvalue weighted by atomic mass is 10.0. The van der Waals surface area contributed by atoms with Gasteiger partial charge in [-0.3, -0.25) is 0 Å². The van der Waals surface area contributed by atoms with E-state index in [1.165, 1.54) is 16.9 Å². The van der Waals surface area contributed by atoms with Crippen molar-refractivity contribution >= 4 is 15.9 Å². The Bertz CT molecular complexity index is 563. The molecule has 1 unspecified atom stereocenters. The fraction of sp³-hybridized carbons (Fsp3) is 0.364. The molecule has 1 aromatic carbocycles. The van der Waals surface area contributed by atoms with E-state index in [0.29, 0.717) is 10.3 Å². The van der Waals surface area contributed by atoms with E-state index in [4.69, 9.17) is 0 Å². The van der Waals surface area contributed by atoms with Crippen molar-refractivity contribution in [2.75, 3.05) is 7.05 Å². The van der Waals surface area contributed by atoms with Crippen LogP contribution in [0.2, 0.25) is 0 Å². The molecular formula is C11H12BrF2N5. The van der Waals surface area contributed by atoms with E-state index < -0.39 is 17.7 Å². The van der Waals surface area contributed by atoms with E-state index in [0.717, 1.165) is 0 Å². The summed E-state index contributed by atoms with van der Waals surface area (Å²) in [7, 11) is 3.26. The summed E-state index contributed by atoms with van der Waals surface area (Å²) in [5.41, 5.74) is -0.0295. The number of nitrogens with one attached hydrogen (secondary N) is 1. The average Bonchev–Trinajstić information content (AvgIpc) is 2.72. The molecule has 1 N–H and O–H groups in total. The van der Waals surface area contributed by atoms with Gasteiger partial charge in [-0.25, -0.2) is 8.78 Å².